The molecule has 0 N–H and O–H groups in total. The molecule has 3 rings (SSSR count). The number of hydrogen-bond acceptors (Lipinski definition) is 5. The van der Waals surface area contributed by atoms with E-state index in [9.17, 15) is 0 Å². The Bertz CT molecular complexity index is 719. The molecule has 1 aromatic heterocycles. The summed E-state index contributed by atoms with van der Waals surface area (Å²) in [5.74, 6) is 1.66. The Hall–Kier alpha value is -1.87. The molecular weight excluding hydrogens is 344 g/mol. The van der Waals surface area contributed by atoms with Crippen molar-refractivity contribution in [3.8, 4) is 6.07 Å². The molecule has 0 bridgehead atoms. The number of nitriles is 1. The zero-order chi connectivity index (χ0) is 15.7. The second-order valence-electron chi connectivity index (χ2n) is 5.77. The molecule has 114 valence electrons. The van der Waals surface area contributed by atoms with E-state index in [4.69, 9.17) is 9.78 Å². The maximum Gasteiger partial charge on any atom is 0.229 e. The van der Waals surface area contributed by atoms with Crippen molar-refractivity contribution in [3.05, 3.63) is 40.0 Å². The van der Waals surface area contributed by atoms with Gasteiger partial charge in [-0.25, -0.2) is 0 Å². The van der Waals surface area contributed by atoms with Crippen LogP contribution in [0.25, 0.3) is 0 Å². The van der Waals surface area contributed by atoms with E-state index in [0.29, 0.717) is 11.5 Å². The normalized spacial score (nSPS) is 18.0. The molecule has 0 saturated carbocycles. The number of halogens is 1. The fourth-order valence-electron chi connectivity index (χ4n) is 2.75. The van der Waals surface area contributed by atoms with Crippen molar-refractivity contribution in [1.29, 1.82) is 5.26 Å². The summed E-state index contributed by atoms with van der Waals surface area (Å²) in [6, 6.07) is 7.94. The molecule has 1 fully saturated rings. The summed E-state index contributed by atoms with van der Waals surface area (Å²) in [5.41, 5.74) is 1.71. The van der Waals surface area contributed by atoms with Crippen molar-refractivity contribution in [2.75, 3.05) is 11.4 Å². The average Bonchev–Trinajstić information content (AvgIpc) is 3.15. The minimum atomic E-state index is 0.125. The van der Waals surface area contributed by atoms with Gasteiger partial charge in [0.2, 0.25) is 5.89 Å². The van der Waals surface area contributed by atoms with Crippen LogP contribution >= 0.6 is 15.9 Å². The third-order valence-corrected chi connectivity index (χ3v) is 4.52. The van der Waals surface area contributed by atoms with Gasteiger partial charge in [0, 0.05) is 16.9 Å². The minimum absolute atomic E-state index is 0.125. The highest BCUT2D eigenvalue weighted by Gasteiger charge is 2.31. The molecule has 6 heteroatoms. The first-order valence-electron chi connectivity index (χ1n) is 7.40. The van der Waals surface area contributed by atoms with E-state index in [-0.39, 0.29) is 12.0 Å². The Labute approximate surface area is 138 Å². The second kappa shape index (κ2) is 6.09. The van der Waals surface area contributed by atoms with E-state index in [1.165, 1.54) is 0 Å². The van der Waals surface area contributed by atoms with Crippen molar-refractivity contribution >= 4 is 21.6 Å². The largest absolute Gasteiger partial charge is 0.360 e. The van der Waals surface area contributed by atoms with E-state index in [0.717, 1.165) is 35.4 Å². The molecule has 1 aromatic carbocycles. The van der Waals surface area contributed by atoms with Crippen molar-refractivity contribution in [2.24, 2.45) is 0 Å². The van der Waals surface area contributed by atoms with Crippen LogP contribution in [-0.2, 0) is 0 Å². The molecular formula is C16H17BrN4O. The van der Waals surface area contributed by atoms with Gasteiger partial charge in [-0.05, 0) is 47.0 Å². The third kappa shape index (κ3) is 2.73. The lowest BCUT2D eigenvalue weighted by Gasteiger charge is -2.25. The Morgan fingerprint density at radius 2 is 2.27 bits per heavy atom. The van der Waals surface area contributed by atoms with Gasteiger partial charge in [0.15, 0.2) is 5.82 Å². The highest BCUT2D eigenvalue weighted by atomic mass is 79.9. The summed E-state index contributed by atoms with van der Waals surface area (Å²) in [5, 5.41) is 13.1. The predicted molar refractivity (Wildman–Crippen MR) is 86.6 cm³/mol. The predicted octanol–water partition coefficient (Wildman–Crippen LogP) is 4.17. The standard InChI is InChI=1S/C16H17BrN4O/c1-10(2)16-19-15(20-22-16)14-4-3-7-21(14)13-6-5-11(9-18)8-12(13)17/h5-6,8,10,14H,3-4,7H2,1-2H3. The first-order valence-corrected chi connectivity index (χ1v) is 8.19. The topological polar surface area (TPSA) is 66.0 Å². The lowest BCUT2D eigenvalue weighted by Crippen LogP contribution is -2.23. The van der Waals surface area contributed by atoms with Gasteiger partial charge in [-0.2, -0.15) is 10.2 Å². The molecule has 0 radical (unpaired) electrons. The van der Waals surface area contributed by atoms with Gasteiger partial charge in [-0.15, -0.1) is 0 Å². The zero-order valence-electron chi connectivity index (χ0n) is 12.6. The van der Waals surface area contributed by atoms with Crippen LogP contribution in [0.2, 0.25) is 0 Å². The van der Waals surface area contributed by atoms with Crippen LogP contribution in [0.1, 0.15) is 55.9 Å². The Morgan fingerprint density at radius 1 is 1.45 bits per heavy atom. The smallest absolute Gasteiger partial charge is 0.229 e. The number of rotatable bonds is 3. The fraction of sp³-hybridized carbons (Fsp3) is 0.438. The summed E-state index contributed by atoms with van der Waals surface area (Å²) in [6.07, 6.45) is 2.09. The lowest BCUT2D eigenvalue weighted by atomic mass is 10.1. The molecule has 22 heavy (non-hydrogen) atoms. The lowest BCUT2D eigenvalue weighted by molar-refractivity contribution is 0.358. The fourth-order valence-corrected chi connectivity index (χ4v) is 3.36. The summed E-state index contributed by atoms with van der Waals surface area (Å²) in [6.45, 7) is 5.03. The monoisotopic (exact) mass is 360 g/mol. The average molecular weight is 361 g/mol. The van der Waals surface area contributed by atoms with Gasteiger partial charge in [-0.1, -0.05) is 19.0 Å². The van der Waals surface area contributed by atoms with Crippen LogP contribution in [-0.4, -0.2) is 16.7 Å². The summed E-state index contributed by atoms with van der Waals surface area (Å²) >= 11 is 3.57. The maximum atomic E-state index is 8.99. The first-order chi connectivity index (χ1) is 10.6. The van der Waals surface area contributed by atoms with Gasteiger partial charge in [0.25, 0.3) is 0 Å². The van der Waals surface area contributed by atoms with Gasteiger partial charge in [0.1, 0.15) is 0 Å². The van der Waals surface area contributed by atoms with Crippen molar-refractivity contribution < 1.29 is 4.52 Å². The van der Waals surface area contributed by atoms with Crippen molar-refractivity contribution in [3.63, 3.8) is 0 Å². The number of aromatic nitrogens is 2. The van der Waals surface area contributed by atoms with Crippen LogP contribution in [0, 0.1) is 11.3 Å². The SMILES string of the molecule is CC(C)c1nc(C2CCCN2c2ccc(C#N)cc2Br)no1. The van der Waals surface area contributed by atoms with Crippen LogP contribution in [0.3, 0.4) is 0 Å². The third-order valence-electron chi connectivity index (χ3n) is 3.89. The molecule has 5 nitrogen and oxygen atoms in total. The molecule has 0 amide bonds. The van der Waals surface area contributed by atoms with Crippen molar-refractivity contribution in [1.82, 2.24) is 10.1 Å². The van der Waals surface area contributed by atoms with Crippen LogP contribution < -0.4 is 4.90 Å². The quantitative estimate of drug-likeness (QED) is 0.821. The van der Waals surface area contributed by atoms with Crippen molar-refractivity contribution in [2.45, 2.75) is 38.6 Å². The summed E-state index contributed by atoms with van der Waals surface area (Å²) < 4.78 is 6.27. The molecule has 1 unspecified atom stereocenters. The minimum Gasteiger partial charge on any atom is -0.360 e. The maximum absolute atomic E-state index is 8.99. The van der Waals surface area contributed by atoms with Crippen LogP contribution in [0.4, 0.5) is 5.69 Å². The van der Waals surface area contributed by atoms with E-state index in [1.54, 1.807) is 0 Å². The van der Waals surface area contributed by atoms with E-state index >= 15 is 0 Å². The number of benzene rings is 1. The van der Waals surface area contributed by atoms with Gasteiger partial charge >= 0.3 is 0 Å². The van der Waals surface area contributed by atoms with Crippen LogP contribution in [0.15, 0.2) is 27.2 Å². The summed E-state index contributed by atoms with van der Waals surface area (Å²) in [7, 11) is 0. The second-order valence-corrected chi connectivity index (χ2v) is 6.63. The zero-order valence-corrected chi connectivity index (χ0v) is 14.2. The molecule has 1 aliphatic rings. The number of hydrogen-bond donors (Lipinski definition) is 0. The molecule has 1 saturated heterocycles. The number of nitrogens with zero attached hydrogens (tertiary/aromatic N) is 4. The van der Waals surface area contributed by atoms with Gasteiger partial charge in [0.05, 0.1) is 23.4 Å². The molecule has 1 aliphatic heterocycles. The Kier molecular flexibility index (Phi) is 4.16. The summed E-state index contributed by atoms with van der Waals surface area (Å²) in [4.78, 5) is 6.82. The van der Waals surface area contributed by atoms with Gasteiger partial charge in [-0.3, -0.25) is 0 Å². The Morgan fingerprint density at radius 3 is 2.91 bits per heavy atom. The van der Waals surface area contributed by atoms with E-state index in [1.807, 2.05) is 32.0 Å². The Balaban J connectivity index is 1.91. The molecule has 0 spiro atoms. The number of anilines is 1. The van der Waals surface area contributed by atoms with E-state index in [2.05, 4.69) is 37.0 Å². The van der Waals surface area contributed by atoms with E-state index < -0.39 is 0 Å². The molecule has 0 aliphatic carbocycles. The highest BCUT2D eigenvalue weighted by molar-refractivity contribution is 9.10. The first kappa shape index (κ1) is 15.0. The molecule has 2 heterocycles. The highest BCUT2D eigenvalue weighted by Crippen LogP contribution is 2.39. The van der Waals surface area contributed by atoms with Crippen LogP contribution in [0.5, 0.6) is 0 Å². The van der Waals surface area contributed by atoms with Gasteiger partial charge < -0.3 is 9.42 Å². The molecule has 2 aromatic rings. The molecule has 1 atom stereocenters.